The van der Waals surface area contributed by atoms with Gasteiger partial charge in [-0.1, -0.05) is 18.7 Å². The number of benzene rings is 1. The molecular formula is C18H18N2O10. The Kier molecular flexibility index (Phi) is 7.22. The van der Waals surface area contributed by atoms with Gasteiger partial charge >= 0.3 is 17.9 Å². The number of nitrogens with zero attached hydrogens (tertiary/aromatic N) is 1. The molecule has 1 heterocycles. The minimum atomic E-state index is -1.77. The van der Waals surface area contributed by atoms with Crippen LogP contribution in [0.4, 0.5) is 0 Å². The van der Waals surface area contributed by atoms with Crippen molar-refractivity contribution >= 4 is 29.5 Å². The molecule has 0 spiro atoms. The number of aromatic hydroxyl groups is 1. The summed E-state index contributed by atoms with van der Waals surface area (Å²) in [5, 5.41) is 39.1. The van der Waals surface area contributed by atoms with Crippen LogP contribution in [0.15, 0.2) is 41.4 Å². The van der Waals surface area contributed by atoms with Gasteiger partial charge in [0.15, 0.2) is 17.9 Å². The van der Waals surface area contributed by atoms with Gasteiger partial charge in [-0.2, -0.15) is 0 Å². The van der Waals surface area contributed by atoms with Crippen LogP contribution in [-0.2, 0) is 28.7 Å². The van der Waals surface area contributed by atoms with E-state index in [1.54, 1.807) is 0 Å². The van der Waals surface area contributed by atoms with E-state index in [0.29, 0.717) is 0 Å². The number of aliphatic imine (C=N–C) groups is 1. The fraction of sp³-hybridized carbons (Fsp3) is 0.278. The molecule has 0 saturated heterocycles. The second-order valence-corrected chi connectivity index (χ2v) is 6.06. The van der Waals surface area contributed by atoms with E-state index in [4.69, 9.17) is 14.6 Å². The van der Waals surface area contributed by atoms with Crippen LogP contribution < -0.4 is 5.32 Å². The number of aliphatic carboxylic acids is 3. The Morgan fingerprint density at radius 3 is 2.33 bits per heavy atom. The van der Waals surface area contributed by atoms with Crippen molar-refractivity contribution in [2.24, 2.45) is 4.99 Å². The first kappa shape index (κ1) is 22.5. The standard InChI is InChI=1S/C18H18N2O10/c1-8-6-29-15(20-12(8)17(25)26)13(18(27)28)30-7-19-14(22)11(16(23)24)9-2-4-10(21)5-3-9/h2-5,11,13,15,21H,1,6-7H2,(H,19,22)(H,23,24)(H,25,26)(H,27,28)/t11?,13-,15-/m1/s1. The zero-order valence-corrected chi connectivity index (χ0v) is 15.3. The maximum atomic E-state index is 12.3. The van der Waals surface area contributed by atoms with E-state index in [0.717, 1.165) is 0 Å². The second kappa shape index (κ2) is 9.62. The van der Waals surface area contributed by atoms with Gasteiger partial charge in [0.05, 0.1) is 6.61 Å². The molecule has 1 aliphatic rings. The van der Waals surface area contributed by atoms with E-state index in [1.165, 1.54) is 24.3 Å². The third-order valence-corrected chi connectivity index (χ3v) is 3.97. The van der Waals surface area contributed by atoms with Crippen LogP contribution in [0.5, 0.6) is 5.75 Å². The van der Waals surface area contributed by atoms with Crippen molar-refractivity contribution in [2.45, 2.75) is 18.2 Å². The summed E-state index contributed by atoms with van der Waals surface area (Å²) in [7, 11) is 0. The molecule has 0 radical (unpaired) electrons. The molecule has 12 heteroatoms. The molecule has 1 aromatic carbocycles. The van der Waals surface area contributed by atoms with Gasteiger partial charge in [-0.05, 0) is 17.7 Å². The van der Waals surface area contributed by atoms with Gasteiger partial charge in [-0.25, -0.2) is 14.6 Å². The molecule has 0 aromatic heterocycles. The van der Waals surface area contributed by atoms with Crippen LogP contribution in [0.3, 0.4) is 0 Å². The maximum absolute atomic E-state index is 12.3. The molecular weight excluding hydrogens is 404 g/mol. The SMILES string of the molecule is C=C1CO[C@H]([C@@H](OCNC(=O)C(C(=O)O)c2ccc(O)cc2)C(=O)O)N=C1C(=O)O. The second-order valence-electron chi connectivity index (χ2n) is 6.06. The summed E-state index contributed by atoms with van der Waals surface area (Å²) >= 11 is 0. The summed E-state index contributed by atoms with van der Waals surface area (Å²) in [5.41, 5.74) is -0.324. The Morgan fingerprint density at radius 1 is 1.17 bits per heavy atom. The van der Waals surface area contributed by atoms with E-state index in [9.17, 15) is 34.5 Å². The molecule has 0 bridgehead atoms. The summed E-state index contributed by atoms with van der Waals surface area (Å²) in [5.74, 6) is -7.17. The summed E-state index contributed by atoms with van der Waals surface area (Å²) < 4.78 is 10.2. The summed E-state index contributed by atoms with van der Waals surface area (Å²) in [6.07, 6.45) is -3.28. The van der Waals surface area contributed by atoms with Crippen molar-refractivity contribution in [1.29, 1.82) is 0 Å². The van der Waals surface area contributed by atoms with Crippen LogP contribution in [-0.4, -0.2) is 75.6 Å². The molecule has 160 valence electrons. The molecule has 1 aliphatic heterocycles. The van der Waals surface area contributed by atoms with Gasteiger partial charge in [0.25, 0.3) is 0 Å². The molecule has 0 saturated carbocycles. The quantitative estimate of drug-likeness (QED) is 0.257. The number of carbonyl (C=O) groups is 4. The van der Waals surface area contributed by atoms with Crippen LogP contribution >= 0.6 is 0 Å². The van der Waals surface area contributed by atoms with E-state index in [-0.39, 0.29) is 23.5 Å². The number of ether oxygens (including phenoxy) is 2. The predicted molar refractivity (Wildman–Crippen MR) is 98.0 cm³/mol. The van der Waals surface area contributed by atoms with Crippen molar-refractivity contribution < 1.29 is 49.1 Å². The topological polar surface area (TPSA) is 192 Å². The van der Waals surface area contributed by atoms with Gasteiger partial charge in [-0.15, -0.1) is 0 Å². The lowest BCUT2D eigenvalue weighted by atomic mass is 9.98. The van der Waals surface area contributed by atoms with Crippen molar-refractivity contribution in [3.05, 3.63) is 42.0 Å². The number of carboxylic acid groups (broad SMARTS) is 3. The molecule has 0 fully saturated rings. The van der Waals surface area contributed by atoms with Crippen LogP contribution in [0, 0.1) is 0 Å². The number of phenolic OH excluding ortho intramolecular Hbond substituents is 1. The lowest BCUT2D eigenvalue weighted by Gasteiger charge is -2.26. The van der Waals surface area contributed by atoms with E-state index in [2.05, 4.69) is 16.9 Å². The zero-order chi connectivity index (χ0) is 22.4. The molecule has 12 nitrogen and oxygen atoms in total. The monoisotopic (exact) mass is 422 g/mol. The molecule has 1 aromatic rings. The normalized spacial score (nSPS) is 18.1. The van der Waals surface area contributed by atoms with Crippen molar-refractivity contribution in [1.82, 2.24) is 5.32 Å². The smallest absolute Gasteiger partial charge is 0.354 e. The van der Waals surface area contributed by atoms with Crippen molar-refractivity contribution in [2.75, 3.05) is 13.3 Å². The zero-order valence-electron chi connectivity index (χ0n) is 15.3. The van der Waals surface area contributed by atoms with E-state index >= 15 is 0 Å². The van der Waals surface area contributed by atoms with Crippen LogP contribution in [0.25, 0.3) is 0 Å². The highest BCUT2D eigenvalue weighted by atomic mass is 16.6. The molecule has 3 atom stereocenters. The molecule has 30 heavy (non-hydrogen) atoms. The van der Waals surface area contributed by atoms with Gasteiger partial charge in [-0.3, -0.25) is 9.59 Å². The minimum absolute atomic E-state index is 0.0504. The number of nitrogens with one attached hydrogen (secondary N) is 1. The Morgan fingerprint density at radius 2 is 1.80 bits per heavy atom. The van der Waals surface area contributed by atoms with Crippen LogP contribution in [0.2, 0.25) is 0 Å². The Hall–Kier alpha value is -3.77. The third-order valence-electron chi connectivity index (χ3n) is 3.97. The Labute approximate surface area is 169 Å². The summed E-state index contributed by atoms with van der Waals surface area (Å²) in [4.78, 5) is 50.0. The summed E-state index contributed by atoms with van der Waals surface area (Å²) in [6, 6.07) is 4.92. The Bertz CT molecular complexity index is 893. The van der Waals surface area contributed by atoms with E-state index < -0.39 is 54.5 Å². The maximum Gasteiger partial charge on any atom is 0.354 e. The number of carboxylic acids is 3. The highest BCUT2D eigenvalue weighted by Crippen LogP contribution is 2.20. The first-order valence-electron chi connectivity index (χ1n) is 8.36. The van der Waals surface area contributed by atoms with Crippen molar-refractivity contribution in [3.8, 4) is 5.75 Å². The summed E-state index contributed by atoms with van der Waals surface area (Å²) in [6.45, 7) is 2.47. The van der Waals surface area contributed by atoms with E-state index in [1.807, 2.05) is 0 Å². The highest BCUT2D eigenvalue weighted by Gasteiger charge is 2.35. The number of phenols is 1. The first-order valence-corrected chi connectivity index (χ1v) is 8.36. The van der Waals surface area contributed by atoms with Gasteiger partial charge in [0.2, 0.25) is 12.0 Å². The fourth-order valence-electron chi connectivity index (χ4n) is 2.52. The highest BCUT2D eigenvalue weighted by molar-refractivity contribution is 6.42. The fourth-order valence-corrected chi connectivity index (χ4v) is 2.52. The number of hydrogen-bond donors (Lipinski definition) is 5. The first-order chi connectivity index (χ1) is 14.1. The van der Waals surface area contributed by atoms with Gasteiger partial charge in [0, 0.05) is 5.57 Å². The molecule has 1 unspecified atom stereocenters. The lowest BCUT2D eigenvalue weighted by Crippen LogP contribution is -2.44. The lowest BCUT2D eigenvalue weighted by molar-refractivity contribution is -0.163. The largest absolute Gasteiger partial charge is 0.508 e. The molecule has 5 N–H and O–H groups in total. The van der Waals surface area contributed by atoms with Gasteiger partial charge in [0.1, 0.15) is 12.5 Å². The molecule has 0 aliphatic carbocycles. The predicted octanol–water partition coefficient (Wildman–Crippen LogP) is -0.458. The number of carbonyl (C=O) groups excluding carboxylic acids is 1. The molecule has 1 amide bonds. The number of amides is 1. The number of hydrogen-bond acceptors (Lipinski definition) is 8. The van der Waals surface area contributed by atoms with Crippen molar-refractivity contribution in [3.63, 3.8) is 0 Å². The molecule has 2 rings (SSSR count). The average molecular weight is 422 g/mol. The number of rotatable bonds is 9. The Balaban J connectivity index is 2.06. The average Bonchev–Trinajstić information content (AvgIpc) is 2.67. The van der Waals surface area contributed by atoms with Gasteiger partial charge < -0.3 is 35.2 Å². The minimum Gasteiger partial charge on any atom is -0.508 e. The van der Waals surface area contributed by atoms with Crippen LogP contribution in [0.1, 0.15) is 11.5 Å². The third kappa shape index (κ3) is 5.40.